The normalized spacial score (nSPS) is 12.8. The first kappa shape index (κ1) is 16.1. The first-order valence-electron chi connectivity index (χ1n) is 6.79. The lowest BCUT2D eigenvalue weighted by Gasteiger charge is -2.28. The van der Waals surface area contributed by atoms with Crippen molar-refractivity contribution in [1.29, 1.82) is 0 Å². The van der Waals surface area contributed by atoms with E-state index in [2.05, 4.69) is 39.9 Å². The predicted octanol–water partition coefficient (Wildman–Crippen LogP) is 4.31. The molecule has 19 heavy (non-hydrogen) atoms. The van der Waals surface area contributed by atoms with Crippen LogP contribution in [0.2, 0.25) is 0 Å². The van der Waals surface area contributed by atoms with Crippen molar-refractivity contribution in [2.24, 2.45) is 5.41 Å². The third-order valence-corrected chi connectivity index (χ3v) is 3.16. The molecule has 3 heteroatoms. The molecule has 0 aliphatic rings. The minimum Gasteiger partial charge on any atom is -0.312 e. The predicted molar refractivity (Wildman–Crippen MR) is 76.2 cm³/mol. The van der Waals surface area contributed by atoms with Crippen LogP contribution in [0.4, 0.5) is 8.78 Å². The zero-order chi connectivity index (χ0) is 14.7. The highest BCUT2D eigenvalue weighted by Crippen LogP contribution is 2.27. The second-order valence-corrected chi connectivity index (χ2v) is 6.98. The molecule has 0 spiro atoms. The Morgan fingerprint density at radius 3 is 2.26 bits per heavy atom. The van der Waals surface area contributed by atoms with Crippen molar-refractivity contribution in [3.8, 4) is 0 Å². The Labute approximate surface area is 115 Å². The molecule has 0 fully saturated rings. The van der Waals surface area contributed by atoms with Crippen molar-refractivity contribution < 1.29 is 8.78 Å². The summed E-state index contributed by atoms with van der Waals surface area (Å²) in [6.45, 7) is 11.4. The average Bonchev–Trinajstić information content (AvgIpc) is 2.22. The Morgan fingerprint density at radius 2 is 1.68 bits per heavy atom. The van der Waals surface area contributed by atoms with Crippen molar-refractivity contribution >= 4 is 0 Å². The summed E-state index contributed by atoms with van der Waals surface area (Å²) in [5.74, 6) is -1.47. The van der Waals surface area contributed by atoms with E-state index in [9.17, 15) is 8.78 Å². The van der Waals surface area contributed by atoms with Crippen LogP contribution >= 0.6 is 0 Å². The first-order chi connectivity index (χ1) is 8.61. The van der Waals surface area contributed by atoms with Gasteiger partial charge in [0.25, 0.3) is 0 Å². The number of halogens is 2. The van der Waals surface area contributed by atoms with Crippen LogP contribution in [0.15, 0.2) is 18.2 Å². The van der Waals surface area contributed by atoms with E-state index in [1.165, 1.54) is 0 Å². The van der Waals surface area contributed by atoms with Crippen LogP contribution in [0.3, 0.4) is 0 Å². The molecule has 0 bridgehead atoms. The molecule has 0 aliphatic carbocycles. The van der Waals surface area contributed by atoms with E-state index < -0.39 is 11.6 Å². The van der Waals surface area contributed by atoms with Gasteiger partial charge in [0.1, 0.15) is 0 Å². The molecule has 0 saturated heterocycles. The van der Waals surface area contributed by atoms with Gasteiger partial charge in [-0.1, -0.05) is 26.0 Å². The van der Waals surface area contributed by atoms with Crippen LogP contribution < -0.4 is 5.32 Å². The van der Waals surface area contributed by atoms with E-state index in [1.807, 2.05) is 0 Å². The molecular weight excluding hydrogens is 244 g/mol. The van der Waals surface area contributed by atoms with E-state index in [-0.39, 0.29) is 11.0 Å². The summed E-state index contributed by atoms with van der Waals surface area (Å²) in [6, 6.07) is 4.39. The van der Waals surface area contributed by atoms with Crippen molar-refractivity contribution in [1.82, 2.24) is 5.32 Å². The maximum absolute atomic E-state index is 13.7. The molecule has 0 unspecified atom stereocenters. The lowest BCUT2D eigenvalue weighted by molar-refractivity contribution is 0.298. The largest absolute Gasteiger partial charge is 0.312 e. The quantitative estimate of drug-likeness (QED) is 0.839. The number of benzene rings is 1. The van der Waals surface area contributed by atoms with E-state index in [4.69, 9.17) is 0 Å². The standard InChI is InChI=1S/C16H25F2N/c1-15(2,3)19-10-9-16(4,5)11-12-7-6-8-13(17)14(12)18/h6-8,19H,9-11H2,1-5H3. The Hall–Kier alpha value is -0.960. The molecule has 1 aromatic rings. The van der Waals surface area contributed by atoms with Gasteiger partial charge in [-0.2, -0.15) is 0 Å². The SMILES string of the molecule is CC(C)(CCNC(C)(C)C)Cc1cccc(F)c1F. The molecule has 0 aliphatic heterocycles. The highest BCUT2D eigenvalue weighted by atomic mass is 19.2. The summed E-state index contributed by atoms with van der Waals surface area (Å²) in [5.41, 5.74) is 0.480. The topological polar surface area (TPSA) is 12.0 Å². The van der Waals surface area contributed by atoms with Gasteiger partial charge in [-0.3, -0.25) is 0 Å². The van der Waals surface area contributed by atoms with Crippen LogP contribution in [0, 0.1) is 17.0 Å². The minimum atomic E-state index is -0.763. The fourth-order valence-electron chi connectivity index (χ4n) is 2.06. The van der Waals surface area contributed by atoms with E-state index >= 15 is 0 Å². The number of rotatable bonds is 5. The van der Waals surface area contributed by atoms with Gasteiger partial charge in [0, 0.05) is 5.54 Å². The van der Waals surface area contributed by atoms with Crippen LogP contribution in [0.1, 0.15) is 46.6 Å². The molecule has 1 rings (SSSR count). The van der Waals surface area contributed by atoms with Crippen molar-refractivity contribution in [2.75, 3.05) is 6.54 Å². The molecular formula is C16H25F2N. The van der Waals surface area contributed by atoms with Crippen LogP contribution in [-0.4, -0.2) is 12.1 Å². The third kappa shape index (κ3) is 5.68. The highest BCUT2D eigenvalue weighted by Gasteiger charge is 2.22. The molecule has 0 atom stereocenters. The summed E-state index contributed by atoms with van der Waals surface area (Å²) in [6.07, 6.45) is 1.46. The molecule has 0 heterocycles. The van der Waals surface area contributed by atoms with Crippen LogP contribution in [0.5, 0.6) is 0 Å². The lowest BCUT2D eigenvalue weighted by Crippen LogP contribution is -2.38. The van der Waals surface area contributed by atoms with E-state index in [0.29, 0.717) is 12.0 Å². The Bertz CT molecular complexity index is 419. The second-order valence-electron chi connectivity index (χ2n) is 6.98. The molecule has 108 valence electrons. The Kier molecular flexibility index (Phi) is 5.08. The van der Waals surface area contributed by atoms with Gasteiger partial charge in [-0.15, -0.1) is 0 Å². The van der Waals surface area contributed by atoms with Gasteiger partial charge in [0.05, 0.1) is 0 Å². The third-order valence-electron chi connectivity index (χ3n) is 3.16. The minimum absolute atomic E-state index is 0.0626. The van der Waals surface area contributed by atoms with Gasteiger partial charge in [0.15, 0.2) is 11.6 Å². The molecule has 0 amide bonds. The maximum atomic E-state index is 13.7. The van der Waals surface area contributed by atoms with Gasteiger partial charge < -0.3 is 5.32 Å². The maximum Gasteiger partial charge on any atom is 0.162 e. The second kappa shape index (κ2) is 6.00. The van der Waals surface area contributed by atoms with Crippen LogP contribution in [-0.2, 0) is 6.42 Å². The Balaban J connectivity index is 2.61. The summed E-state index contributed by atoms with van der Waals surface area (Å²) in [7, 11) is 0. The molecule has 0 saturated carbocycles. The molecule has 0 radical (unpaired) electrons. The monoisotopic (exact) mass is 269 g/mol. The van der Waals surface area contributed by atoms with Crippen molar-refractivity contribution in [3.63, 3.8) is 0 Å². The van der Waals surface area contributed by atoms with E-state index in [1.54, 1.807) is 12.1 Å². The first-order valence-corrected chi connectivity index (χ1v) is 6.79. The summed E-state index contributed by atoms with van der Waals surface area (Å²) in [5, 5.41) is 3.42. The average molecular weight is 269 g/mol. The van der Waals surface area contributed by atoms with Gasteiger partial charge in [-0.25, -0.2) is 8.78 Å². The number of hydrogen-bond donors (Lipinski definition) is 1. The zero-order valence-electron chi connectivity index (χ0n) is 12.6. The van der Waals surface area contributed by atoms with E-state index in [0.717, 1.165) is 19.0 Å². The highest BCUT2D eigenvalue weighted by molar-refractivity contribution is 5.20. The smallest absolute Gasteiger partial charge is 0.162 e. The van der Waals surface area contributed by atoms with Gasteiger partial charge in [0.2, 0.25) is 0 Å². The Morgan fingerprint density at radius 1 is 1.05 bits per heavy atom. The molecule has 1 nitrogen and oxygen atoms in total. The van der Waals surface area contributed by atoms with Gasteiger partial charge in [-0.05, 0) is 57.2 Å². The van der Waals surface area contributed by atoms with Gasteiger partial charge >= 0.3 is 0 Å². The lowest BCUT2D eigenvalue weighted by atomic mass is 9.82. The summed E-state index contributed by atoms with van der Waals surface area (Å²) < 4.78 is 26.8. The number of nitrogens with one attached hydrogen (secondary N) is 1. The zero-order valence-corrected chi connectivity index (χ0v) is 12.6. The van der Waals surface area contributed by atoms with Crippen molar-refractivity contribution in [2.45, 2.75) is 53.0 Å². The fraction of sp³-hybridized carbons (Fsp3) is 0.625. The fourth-order valence-corrected chi connectivity index (χ4v) is 2.06. The summed E-state index contributed by atoms with van der Waals surface area (Å²) >= 11 is 0. The number of hydrogen-bond acceptors (Lipinski definition) is 1. The molecule has 1 N–H and O–H groups in total. The van der Waals surface area contributed by atoms with Crippen LogP contribution in [0.25, 0.3) is 0 Å². The molecule has 1 aromatic carbocycles. The molecule has 0 aromatic heterocycles. The van der Waals surface area contributed by atoms with Crippen molar-refractivity contribution in [3.05, 3.63) is 35.4 Å². The summed E-state index contributed by atoms with van der Waals surface area (Å²) in [4.78, 5) is 0.